The highest BCUT2D eigenvalue weighted by Crippen LogP contribution is 2.25. The Morgan fingerprint density at radius 3 is 2.68 bits per heavy atom. The summed E-state index contributed by atoms with van der Waals surface area (Å²) in [5, 5.41) is 13.3. The van der Waals surface area contributed by atoms with Gasteiger partial charge >= 0.3 is 0 Å². The Kier molecular flexibility index (Phi) is 5.53. The number of amides is 1. The Hall–Kier alpha value is -2.93. The summed E-state index contributed by atoms with van der Waals surface area (Å²) in [6, 6.07) is 18.1. The van der Waals surface area contributed by atoms with Gasteiger partial charge in [-0.2, -0.15) is 0 Å². The number of nitrogens with one attached hydrogen (secondary N) is 1. The van der Waals surface area contributed by atoms with E-state index in [4.69, 9.17) is 4.98 Å². The number of carbonyl (C=O) groups is 1. The third kappa shape index (κ3) is 3.84. The van der Waals surface area contributed by atoms with Crippen molar-refractivity contribution in [1.29, 1.82) is 0 Å². The zero-order chi connectivity index (χ0) is 19.3. The molecule has 1 N–H and O–H groups in total. The molecule has 1 amide bonds. The Bertz CT molecular complexity index is 1110. The van der Waals surface area contributed by atoms with Gasteiger partial charge in [0.1, 0.15) is 5.82 Å². The van der Waals surface area contributed by atoms with E-state index >= 15 is 0 Å². The van der Waals surface area contributed by atoms with Crippen LogP contribution in [0.25, 0.3) is 16.6 Å². The molecule has 0 spiro atoms. The minimum absolute atomic E-state index is 0.00181. The number of benzene rings is 2. The summed E-state index contributed by atoms with van der Waals surface area (Å²) in [4.78, 5) is 16.9. The van der Waals surface area contributed by atoms with Crippen molar-refractivity contribution in [3.8, 4) is 0 Å². The first-order chi connectivity index (χ1) is 13.8. The van der Waals surface area contributed by atoms with E-state index in [1.165, 1.54) is 11.8 Å². The van der Waals surface area contributed by atoms with Crippen LogP contribution in [0.3, 0.4) is 0 Å². The van der Waals surface area contributed by atoms with Crippen LogP contribution in [-0.4, -0.2) is 37.8 Å². The summed E-state index contributed by atoms with van der Waals surface area (Å²) in [6.07, 6.45) is 1.58. The first-order valence-electron chi connectivity index (χ1n) is 9.32. The average Bonchev–Trinajstić information content (AvgIpc) is 3.16. The van der Waals surface area contributed by atoms with Gasteiger partial charge in [-0.1, -0.05) is 61.2 Å². The lowest BCUT2D eigenvalue weighted by molar-refractivity contribution is -0.118. The first-order valence-corrected chi connectivity index (χ1v) is 10.3. The molecule has 4 aromatic rings. The van der Waals surface area contributed by atoms with Crippen molar-refractivity contribution in [2.24, 2.45) is 0 Å². The van der Waals surface area contributed by atoms with Gasteiger partial charge in [-0.05, 0) is 24.1 Å². The predicted molar refractivity (Wildman–Crippen MR) is 112 cm³/mol. The molecule has 28 heavy (non-hydrogen) atoms. The van der Waals surface area contributed by atoms with E-state index in [-0.39, 0.29) is 5.91 Å². The van der Waals surface area contributed by atoms with Gasteiger partial charge in [0.2, 0.25) is 5.91 Å². The maximum atomic E-state index is 12.0. The Labute approximate surface area is 167 Å². The first kappa shape index (κ1) is 18.4. The van der Waals surface area contributed by atoms with Crippen LogP contribution in [0.4, 0.5) is 0 Å². The van der Waals surface area contributed by atoms with Crippen LogP contribution in [0.1, 0.15) is 24.7 Å². The summed E-state index contributed by atoms with van der Waals surface area (Å²) >= 11 is 1.39. The molecule has 7 heteroatoms. The number of para-hydroxylation sites is 1. The van der Waals surface area contributed by atoms with Crippen LogP contribution in [-0.2, 0) is 11.2 Å². The number of thioether (sulfide) groups is 1. The fraction of sp³-hybridized carbons (Fsp3) is 0.238. The summed E-state index contributed by atoms with van der Waals surface area (Å²) in [6.45, 7) is 2.72. The van der Waals surface area contributed by atoms with Gasteiger partial charge in [-0.25, -0.2) is 4.98 Å². The molecule has 0 aliphatic rings. The zero-order valence-electron chi connectivity index (χ0n) is 15.6. The van der Waals surface area contributed by atoms with Crippen molar-refractivity contribution < 1.29 is 4.79 Å². The molecule has 2 heterocycles. The maximum absolute atomic E-state index is 12.0. The molecular weight excluding hydrogens is 370 g/mol. The van der Waals surface area contributed by atoms with Crippen molar-refractivity contribution in [2.45, 2.75) is 24.9 Å². The minimum Gasteiger partial charge on any atom is -0.355 e. The number of hydrogen-bond acceptors (Lipinski definition) is 5. The van der Waals surface area contributed by atoms with E-state index in [0.717, 1.165) is 34.4 Å². The molecule has 0 aliphatic heterocycles. The fourth-order valence-electron chi connectivity index (χ4n) is 3.06. The van der Waals surface area contributed by atoms with Crippen molar-refractivity contribution >= 4 is 34.2 Å². The second-order valence-electron chi connectivity index (χ2n) is 6.49. The molecule has 0 aliphatic carbocycles. The van der Waals surface area contributed by atoms with Crippen LogP contribution < -0.4 is 5.32 Å². The Morgan fingerprint density at radius 1 is 1.07 bits per heavy atom. The largest absolute Gasteiger partial charge is 0.355 e. The highest BCUT2D eigenvalue weighted by molar-refractivity contribution is 7.99. The monoisotopic (exact) mass is 391 g/mol. The van der Waals surface area contributed by atoms with Gasteiger partial charge in [0.15, 0.2) is 10.8 Å². The van der Waals surface area contributed by atoms with Crippen LogP contribution in [0.5, 0.6) is 0 Å². The predicted octanol–water partition coefficient (Wildman–Crippen LogP) is 3.49. The molecule has 2 aromatic carbocycles. The third-order valence-corrected chi connectivity index (χ3v) is 5.32. The van der Waals surface area contributed by atoms with Crippen LogP contribution in [0.2, 0.25) is 0 Å². The Morgan fingerprint density at radius 2 is 1.86 bits per heavy atom. The molecular formula is C21H21N5OS. The van der Waals surface area contributed by atoms with E-state index in [1.807, 2.05) is 53.8 Å². The SMILES string of the molecule is CCCNC(=O)CSc1nnc2c3ccccc3nc(Cc3ccccc3)n12. The summed E-state index contributed by atoms with van der Waals surface area (Å²) in [5.41, 5.74) is 2.83. The number of hydrogen-bond donors (Lipinski definition) is 1. The van der Waals surface area contributed by atoms with Gasteiger partial charge in [0.25, 0.3) is 0 Å². The van der Waals surface area contributed by atoms with E-state index in [9.17, 15) is 4.79 Å². The van der Waals surface area contributed by atoms with Gasteiger partial charge in [0.05, 0.1) is 11.3 Å². The zero-order valence-corrected chi connectivity index (χ0v) is 16.4. The summed E-state index contributed by atoms with van der Waals surface area (Å²) in [5.74, 6) is 1.17. The molecule has 0 fully saturated rings. The fourth-order valence-corrected chi connectivity index (χ4v) is 3.84. The molecule has 0 unspecified atom stereocenters. The van der Waals surface area contributed by atoms with Gasteiger partial charge < -0.3 is 5.32 Å². The van der Waals surface area contributed by atoms with Crippen LogP contribution >= 0.6 is 11.8 Å². The van der Waals surface area contributed by atoms with Crippen LogP contribution in [0.15, 0.2) is 59.8 Å². The molecule has 142 valence electrons. The number of fused-ring (bicyclic) bond motifs is 3. The van der Waals surface area contributed by atoms with E-state index < -0.39 is 0 Å². The van der Waals surface area contributed by atoms with E-state index in [1.54, 1.807) is 0 Å². The standard InChI is InChI=1S/C21H21N5OS/c1-2-12-22-19(27)14-28-21-25-24-20-16-10-6-7-11-17(16)23-18(26(20)21)13-15-8-4-3-5-9-15/h3-11H,2,12-14H2,1H3,(H,22,27). The third-order valence-electron chi connectivity index (χ3n) is 4.40. The normalized spacial score (nSPS) is 11.2. The summed E-state index contributed by atoms with van der Waals surface area (Å²) in [7, 11) is 0. The molecule has 0 bridgehead atoms. The number of nitrogens with zero attached hydrogens (tertiary/aromatic N) is 4. The number of aromatic nitrogens is 4. The molecule has 2 aromatic heterocycles. The number of carbonyl (C=O) groups excluding carboxylic acids is 1. The van der Waals surface area contributed by atoms with Crippen LogP contribution in [0, 0.1) is 0 Å². The molecule has 6 nitrogen and oxygen atoms in total. The van der Waals surface area contributed by atoms with E-state index in [2.05, 4.69) is 27.6 Å². The van der Waals surface area contributed by atoms with Gasteiger partial charge in [0, 0.05) is 18.4 Å². The highest BCUT2D eigenvalue weighted by Gasteiger charge is 2.16. The molecule has 4 rings (SSSR count). The second kappa shape index (κ2) is 8.39. The molecule has 0 atom stereocenters. The second-order valence-corrected chi connectivity index (χ2v) is 7.43. The quantitative estimate of drug-likeness (QED) is 0.488. The minimum atomic E-state index is 0.00181. The van der Waals surface area contributed by atoms with Crippen molar-refractivity contribution in [2.75, 3.05) is 12.3 Å². The molecule has 0 saturated heterocycles. The van der Waals surface area contributed by atoms with Crippen molar-refractivity contribution in [3.05, 3.63) is 66.0 Å². The lowest BCUT2D eigenvalue weighted by atomic mass is 10.1. The van der Waals surface area contributed by atoms with E-state index in [0.29, 0.717) is 23.9 Å². The van der Waals surface area contributed by atoms with Gasteiger partial charge in [-0.15, -0.1) is 10.2 Å². The Balaban J connectivity index is 1.74. The number of rotatable bonds is 7. The molecule has 0 saturated carbocycles. The highest BCUT2D eigenvalue weighted by atomic mass is 32.2. The summed E-state index contributed by atoms with van der Waals surface area (Å²) < 4.78 is 1.98. The van der Waals surface area contributed by atoms with Crippen molar-refractivity contribution in [3.63, 3.8) is 0 Å². The lowest BCUT2D eigenvalue weighted by Gasteiger charge is -2.09. The molecule has 0 radical (unpaired) electrons. The average molecular weight is 392 g/mol. The van der Waals surface area contributed by atoms with Crippen molar-refractivity contribution in [1.82, 2.24) is 24.9 Å². The smallest absolute Gasteiger partial charge is 0.230 e. The maximum Gasteiger partial charge on any atom is 0.230 e. The lowest BCUT2D eigenvalue weighted by Crippen LogP contribution is -2.25. The topological polar surface area (TPSA) is 72.2 Å². The van der Waals surface area contributed by atoms with Gasteiger partial charge in [-0.3, -0.25) is 9.20 Å².